The molecule has 0 spiro atoms. The van der Waals surface area contributed by atoms with E-state index in [-0.39, 0.29) is 24.1 Å². The molecule has 0 radical (unpaired) electrons. The quantitative estimate of drug-likeness (QED) is 0.583. The summed E-state index contributed by atoms with van der Waals surface area (Å²) in [7, 11) is 0. The van der Waals surface area contributed by atoms with Crippen LogP contribution < -0.4 is 16.0 Å². The molecule has 2 amide bonds. The molecule has 6 heteroatoms. The van der Waals surface area contributed by atoms with Crippen LogP contribution >= 0.6 is 0 Å². The average Bonchev–Trinajstić information content (AvgIpc) is 2.66. The van der Waals surface area contributed by atoms with Gasteiger partial charge in [0.2, 0.25) is 11.8 Å². The molecule has 142 valence electrons. The molecule has 0 bridgehead atoms. The number of carbonyl (C=O) groups excluding carboxylic acids is 2. The van der Waals surface area contributed by atoms with E-state index in [1.54, 1.807) is 42.5 Å². The van der Waals surface area contributed by atoms with Gasteiger partial charge in [-0.05, 0) is 60.2 Å². The van der Waals surface area contributed by atoms with E-state index in [1.165, 1.54) is 13.0 Å². The molecule has 0 aliphatic rings. The Hall–Kier alpha value is -3.67. The van der Waals surface area contributed by atoms with Crippen LogP contribution in [0.15, 0.2) is 72.8 Å². The van der Waals surface area contributed by atoms with E-state index in [0.29, 0.717) is 11.3 Å². The highest BCUT2D eigenvalue weighted by molar-refractivity contribution is 5.92. The number of hydrogen-bond acceptors (Lipinski definition) is 3. The Bertz CT molecular complexity index is 970. The predicted octanol–water partition coefficient (Wildman–Crippen LogP) is 4.71. The maximum Gasteiger partial charge on any atom is 0.228 e. The first-order valence-corrected chi connectivity index (χ1v) is 8.77. The van der Waals surface area contributed by atoms with Crippen molar-refractivity contribution in [3.8, 4) is 0 Å². The highest BCUT2D eigenvalue weighted by Crippen LogP contribution is 2.21. The molecular weight excluding hydrogens is 357 g/mol. The van der Waals surface area contributed by atoms with Gasteiger partial charge in [0.25, 0.3) is 0 Å². The molecule has 0 atom stereocenters. The number of anilines is 4. The van der Waals surface area contributed by atoms with Crippen LogP contribution in [0, 0.1) is 5.82 Å². The Morgan fingerprint density at radius 1 is 0.750 bits per heavy atom. The van der Waals surface area contributed by atoms with Crippen LogP contribution in [0.3, 0.4) is 0 Å². The number of nitrogens with one attached hydrogen (secondary N) is 3. The molecular formula is C22H20FN3O2. The van der Waals surface area contributed by atoms with Gasteiger partial charge in [0.1, 0.15) is 5.82 Å². The summed E-state index contributed by atoms with van der Waals surface area (Å²) in [5, 5.41) is 8.71. The molecule has 0 heterocycles. The van der Waals surface area contributed by atoms with Crippen molar-refractivity contribution >= 4 is 34.6 Å². The molecule has 3 aromatic carbocycles. The first kappa shape index (κ1) is 19.1. The summed E-state index contributed by atoms with van der Waals surface area (Å²) in [6, 6.07) is 20.8. The van der Waals surface area contributed by atoms with Gasteiger partial charge in [0.05, 0.1) is 6.42 Å². The van der Waals surface area contributed by atoms with Crippen molar-refractivity contribution in [3.05, 3.63) is 84.2 Å². The summed E-state index contributed by atoms with van der Waals surface area (Å²) in [6.45, 7) is 1.46. The normalized spacial score (nSPS) is 10.2. The van der Waals surface area contributed by atoms with E-state index in [0.717, 1.165) is 17.1 Å². The smallest absolute Gasteiger partial charge is 0.228 e. The second kappa shape index (κ2) is 8.81. The third-order valence-electron chi connectivity index (χ3n) is 3.97. The summed E-state index contributed by atoms with van der Waals surface area (Å²) in [5.74, 6) is -0.783. The largest absolute Gasteiger partial charge is 0.356 e. The zero-order chi connectivity index (χ0) is 19.9. The van der Waals surface area contributed by atoms with Crippen LogP contribution in [0.4, 0.5) is 27.1 Å². The van der Waals surface area contributed by atoms with E-state index < -0.39 is 0 Å². The predicted molar refractivity (Wildman–Crippen MR) is 109 cm³/mol. The Morgan fingerprint density at radius 3 is 1.79 bits per heavy atom. The fraction of sp³-hybridized carbons (Fsp3) is 0.0909. The van der Waals surface area contributed by atoms with Gasteiger partial charge >= 0.3 is 0 Å². The van der Waals surface area contributed by atoms with Gasteiger partial charge in [-0.25, -0.2) is 4.39 Å². The third kappa shape index (κ3) is 5.41. The highest BCUT2D eigenvalue weighted by Gasteiger charge is 2.08. The van der Waals surface area contributed by atoms with Gasteiger partial charge < -0.3 is 16.0 Å². The summed E-state index contributed by atoms with van der Waals surface area (Å²) >= 11 is 0. The topological polar surface area (TPSA) is 70.2 Å². The molecule has 0 aliphatic heterocycles. The van der Waals surface area contributed by atoms with Crippen molar-refractivity contribution in [1.29, 1.82) is 0 Å². The first-order valence-electron chi connectivity index (χ1n) is 8.77. The number of carbonyl (C=O) groups is 2. The summed E-state index contributed by atoms with van der Waals surface area (Å²) in [4.78, 5) is 23.1. The number of benzene rings is 3. The maximum absolute atomic E-state index is 13.6. The summed E-state index contributed by atoms with van der Waals surface area (Å²) in [5.41, 5.74) is 3.43. The molecule has 5 nitrogen and oxygen atoms in total. The lowest BCUT2D eigenvalue weighted by Crippen LogP contribution is -2.15. The Balaban J connectivity index is 1.56. The van der Waals surface area contributed by atoms with Crippen LogP contribution in [0.2, 0.25) is 0 Å². The highest BCUT2D eigenvalue weighted by atomic mass is 19.1. The van der Waals surface area contributed by atoms with Gasteiger partial charge in [-0.1, -0.05) is 18.2 Å². The molecule has 0 unspecified atom stereocenters. The molecule has 0 aromatic heterocycles. The first-order chi connectivity index (χ1) is 13.5. The van der Waals surface area contributed by atoms with Crippen LogP contribution in [-0.4, -0.2) is 11.8 Å². The van der Waals surface area contributed by atoms with E-state index in [1.807, 2.05) is 24.3 Å². The lowest BCUT2D eigenvalue weighted by Gasteiger charge is -2.10. The zero-order valence-electron chi connectivity index (χ0n) is 15.3. The number of rotatable bonds is 6. The standard InChI is InChI=1S/C22H20FN3O2/c1-15(27)24-17-6-8-18(9-7-17)25-19-10-12-20(13-11-19)26-22(28)14-16-4-2-3-5-21(16)23/h2-13,25H,14H2,1H3,(H,24,27)(H,26,28). The average molecular weight is 377 g/mol. The van der Waals surface area contributed by atoms with Crippen molar-refractivity contribution in [3.63, 3.8) is 0 Å². The fourth-order valence-electron chi connectivity index (χ4n) is 2.66. The van der Waals surface area contributed by atoms with Crippen LogP contribution in [0.25, 0.3) is 0 Å². The molecule has 3 aromatic rings. The molecule has 0 aliphatic carbocycles. The Labute approximate surface area is 162 Å². The third-order valence-corrected chi connectivity index (χ3v) is 3.97. The second-order valence-electron chi connectivity index (χ2n) is 6.28. The summed E-state index contributed by atoms with van der Waals surface area (Å²) in [6.07, 6.45) is -0.0205. The van der Waals surface area contributed by atoms with Gasteiger partial charge in [0.15, 0.2) is 0 Å². The second-order valence-corrected chi connectivity index (χ2v) is 6.28. The minimum absolute atomic E-state index is 0.0205. The SMILES string of the molecule is CC(=O)Nc1ccc(Nc2ccc(NC(=O)Cc3ccccc3F)cc2)cc1. The van der Waals surface area contributed by atoms with Gasteiger partial charge in [-0.2, -0.15) is 0 Å². The van der Waals surface area contributed by atoms with Gasteiger partial charge in [-0.15, -0.1) is 0 Å². The summed E-state index contributed by atoms with van der Waals surface area (Å²) < 4.78 is 13.6. The number of halogens is 1. The van der Waals surface area contributed by atoms with Crippen LogP contribution in [0.5, 0.6) is 0 Å². The van der Waals surface area contributed by atoms with Crippen molar-refractivity contribution in [2.75, 3.05) is 16.0 Å². The lowest BCUT2D eigenvalue weighted by molar-refractivity contribution is -0.116. The molecule has 0 fully saturated rings. The molecule has 28 heavy (non-hydrogen) atoms. The van der Waals surface area contributed by atoms with Gasteiger partial charge in [-0.3, -0.25) is 9.59 Å². The maximum atomic E-state index is 13.6. The molecule has 0 saturated carbocycles. The van der Waals surface area contributed by atoms with Crippen molar-refractivity contribution in [2.45, 2.75) is 13.3 Å². The minimum Gasteiger partial charge on any atom is -0.356 e. The molecule has 3 rings (SSSR count). The number of hydrogen-bond donors (Lipinski definition) is 3. The van der Waals surface area contributed by atoms with Crippen LogP contribution in [-0.2, 0) is 16.0 Å². The molecule has 3 N–H and O–H groups in total. The molecule has 0 saturated heterocycles. The Kier molecular flexibility index (Phi) is 6.01. The monoisotopic (exact) mass is 377 g/mol. The zero-order valence-corrected chi connectivity index (χ0v) is 15.3. The van der Waals surface area contributed by atoms with Crippen LogP contribution in [0.1, 0.15) is 12.5 Å². The van der Waals surface area contributed by atoms with Crippen molar-refractivity contribution < 1.29 is 14.0 Å². The van der Waals surface area contributed by atoms with E-state index in [2.05, 4.69) is 16.0 Å². The Morgan fingerprint density at radius 2 is 1.25 bits per heavy atom. The van der Waals surface area contributed by atoms with E-state index >= 15 is 0 Å². The fourth-order valence-corrected chi connectivity index (χ4v) is 2.66. The van der Waals surface area contributed by atoms with E-state index in [4.69, 9.17) is 0 Å². The van der Waals surface area contributed by atoms with Gasteiger partial charge in [0, 0.05) is 29.7 Å². The lowest BCUT2D eigenvalue weighted by atomic mass is 10.1. The minimum atomic E-state index is -0.387. The number of amides is 2. The van der Waals surface area contributed by atoms with Crippen molar-refractivity contribution in [1.82, 2.24) is 0 Å². The van der Waals surface area contributed by atoms with Crippen molar-refractivity contribution in [2.24, 2.45) is 0 Å². The van der Waals surface area contributed by atoms with E-state index in [9.17, 15) is 14.0 Å².